The summed E-state index contributed by atoms with van der Waals surface area (Å²) in [5.41, 5.74) is 1.71. The molecule has 3 heterocycles. The number of ether oxygens (including phenoxy) is 1. The van der Waals surface area contributed by atoms with E-state index in [9.17, 15) is 14.7 Å². The topological polar surface area (TPSA) is 79.7 Å². The molecule has 4 aromatic rings. The van der Waals surface area contributed by atoms with Gasteiger partial charge in [-0.3, -0.25) is 14.5 Å². The lowest BCUT2D eigenvalue weighted by Gasteiger charge is -2.24. The molecule has 1 N–H and O–H groups in total. The lowest BCUT2D eigenvalue weighted by Crippen LogP contribution is -2.30. The number of thiophene rings is 1. The highest BCUT2D eigenvalue weighted by Crippen LogP contribution is 2.43. The number of benzene rings is 2. The first-order chi connectivity index (χ1) is 16.1. The molecule has 1 atom stereocenters. The summed E-state index contributed by atoms with van der Waals surface area (Å²) in [4.78, 5) is 32.5. The number of ketones is 1. The van der Waals surface area contributed by atoms with Gasteiger partial charge in [-0.2, -0.15) is 0 Å². The molecule has 1 amide bonds. The molecule has 0 spiro atoms. The molecular formula is C25H18N2O4S2. The average molecular weight is 475 g/mol. The fraction of sp³-hybridized carbons (Fsp3) is 0.0800. The van der Waals surface area contributed by atoms with E-state index < -0.39 is 17.7 Å². The van der Waals surface area contributed by atoms with Gasteiger partial charge in [0.25, 0.3) is 5.91 Å². The summed E-state index contributed by atoms with van der Waals surface area (Å²) in [7, 11) is 0. The number of hydrogen-bond acceptors (Lipinski definition) is 7. The minimum atomic E-state index is -0.821. The van der Waals surface area contributed by atoms with Crippen LogP contribution in [-0.2, 0) is 11.4 Å². The molecule has 33 heavy (non-hydrogen) atoms. The Morgan fingerprint density at radius 1 is 1.03 bits per heavy atom. The van der Waals surface area contributed by atoms with Crippen LogP contribution in [0.2, 0.25) is 0 Å². The SMILES string of the molecule is O=C(C1=C(O)C(=O)N(c2nccs2)C1c1cccc(OCc2ccccc2)c1)c1cccs1. The van der Waals surface area contributed by atoms with Crippen molar-refractivity contribution >= 4 is 39.5 Å². The quantitative estimate of drug-likeness (QED) is 0.355. The Morgan fingerprint density at radius 3 is 2.61 bits per heavy atom. The van der Waals surface area contributed by atoms with Crippen LogP contribution in [-0.4, -0.2) is 21.8 Å². The number of anilines is 1. The Hall–Kier alpha value is -3.75. The maximum absolute atomic E-state index is 13.3. The second-order valence-corrected chi connectivity index (χ2v) is 9.13. The summed E-state index contributed by atoms with van der Waals surface area (Å²) in [6.07, 6.45) is 1.58. The first-order valence-electron chi connectivity index (χ1n) is 10.1. The van der Waals surface area contributed by atoms with Gasteiger partial charge in [0.2, 0.25) is 5.78 Å². The summed E-state index contributed by atoms with van der Waals surface area (Å²) in [5.74, 6) is -0.984. The standard InChI is InChI=1S/C25H18N2O4S2/c28-22(19-10-5-12-32-19)20-21(27(24(30)23(20)29)25-26-11-13-33-25)17-8-4-9-18(14-17)31-15-16-6-2-1-3-7-16/h1-14,21,29H,15H2. The van der Waals surface area contributed by atoms with Gasteiger partial charge in [0.1, 0.15) is 12.4 Å². The number of nitrogens with zero attached hydrogens (tertiary/aromatic N) is 2. The molecule has 0 bridgehead atoms. The van der Waals surface area contributed by atoms with Crippen molar-refractivity contribution in [3.8, 4) is 5.75 Å². The molecule has 2 aromatic heterocycles. The number of aliphatic hydroxyl groups is 1. The Labute approximate surface area is 198 Å². The van der Waals surface area contributed by atoms with Gasteiger partial charge in [-0.05, 0) is 34.7 Å². The number of rotatable bonds is 7. The predicted molar refractivity (Wildman–Crippen MR) is 128 cm³/mol. The van der Waals surface area contributed by atoms with E-state index in [0.717, 1.165) is 5.56 Å². The lowest BCUT2D eigenvalue weighted by atomic mass is 9.95. The van der Waals surface area contributed by atoms with Crippen molar-refractivity contribution in [1.29, 1.82) is 0 Å². The van der Waals surface area contributed by atoms with Crippen LogP contribution < -0.4 is 9.64 Å². The molecular weight excluding hydrogens is 456 g/mol. The van der Waals surface area contributed by atoms with Crippen molar-refractivity contribution < 1.29 is 19.4 Å². The van der Waals surface area contributed by atoms with Gasteiger partial charge in [0.05, 0.1) is 16.5 Å². The third-order valence-electron chi connectivity index (χ3n) is 5.25. The zero-order valence-electron chi connectivity index (χ0n) is 17.3. The van der Waals surface area contributed by atoms with E-state index in [1.54, 1.807) is 35.2 Å². The normalized spacial score (nSPS) is 15.8. The van der Waals surface area contributed by atoms with Crippen LogP contribution in [0.15, 0.2) is 95.0 Å². The second-order valence-electron chi connectivity index (χ2n) is 7.31. The van der Waals surface area contributed by atoms with Crippen molar-refractivity contribution in [1.82, 2.24) is 4.98 Å². The van der Waals surface area contributed by atoms with Gasteiger partial charge in [0.15, 0.2) is 10.9 Å². The Morgan fingerprint density at radius 2 is 1.88 bits per heavy atom. The number of amides is 1. The predicted octanol–water partition coefficient (Wildman–Crippen LogP) is 5.57. The maximum atomic E-state index is 13.3. The Balaban J connectivity index is 1.53. The molecule has 1 unspecified atom stereocenters. The summed E-state index contributed by atoms with van der Waals surface area (Å²) in [5, 5.41) is 14.7. The maximum Gasteiger partial charge on any atom is 0.296 e. The molecule has 164 valence electrons. The van der Waals surface area contributed by atoms with E-state index >= 15 is 0 Å². The second kappa shape index (κ2) is 9.01. The smallest absolute Gasteiger partial charge is 0.296 e. The van der Waals surface area contributed by atoms with Gasteiger partial charge < -0.3 is 9.84 Å². The van der Waals surface area contributed by atoms with E-state index in [1.165, 1.54) is 27.6 Å². The molecule has 0 saturated carbocycles. The van der Waals surface area contributed by atoms with Crippen LogP contribution in [0, 0.1) is 0 Å². The zero-order valence-corrected chi connectivity index (χ0v) is 18.9. The largest absolute Gasteiger partial charge is 0.503 e. The van der Waals surface area contributed by atoms with E-state index in [2.05, 4.69) is 4.98 Å². The Kier molecular flexibility index (Phi) is 5.77. The van der Waals surface area contributed by atoms with Crippen LogP contribution >= 0.6 is 22.7 Å². The number of hydrogen-bond donors (Lipinski definition) is 1. The number of Topliss-reactive ketones (excluding diaryl/α,β-unsaturated/α-hetero) is 1. The van der Waals surface area contributed by atoms with Crippen molar-refractivity contribution in [2.45, 2.75) is 12.6 Å². The van der Waals surface area contributed by atoms with Gasteiger partial charge >= 0.3 is 0 Å². The van der Waals surface area contributed by atoms with Crippen molar-refractivity contribution in [3.63, 3.8) is 0 Å². The summed E-state index contributed by atoms with van der Waals surface area (Å²) >= 11 is 2.53. The molecule has 2 aromatic carbocycles. The third-order valence-corrected chi connectivity index (χ3v) is 6.88. The van der Waals surface area contributed by atoms with E-state index in [-0.39, 0.29) is 11.4 Å². The first-order valence-corrected chi connectivity index (χ1v) is 11.9. The van der Waals surface area contributed by atoms with E-state index in [4.69, 9.17) is 4.74 Å². The van der Waals surface area contributed by atoms with Crippen molar-refractivity contribution in [3.05, 3.63) is 111 Å². The zero-order chi connectivity index (χ0) is 22.8. The summed E-state index contributed by atoms with van der Waals surface area (Å²) in [6, 6.07) is 19.6. The monoisotopic (exact) mass is 474 g/mol. The van der Waals surface area contributed by atoms with Gasteiger partial charge in [-0.25, -0.2) is 4.98 Å². The molecule has 8 heteroatoms. The first kappa shape index (κ1) is 21.1. The molecule has 5 rings (SSSR count). The fourth-order valence-electron chi connectivity index (χ4n) is 3.74. The number of carbonyl (C=O) groups excluding carboxylic acids is 2. The van der Waals surface area contributed by atoms with Crippen LogP contribution in [0.25, 0.3) is 0 Å². The molecule has 1 aliphatic heterocycles. The van der Waals surface area contributed by atoms with E-state index in [1.807, 2.05) is 48.5 Å². The van der Waals surface area contributed by atoms with Crippen LogP contribution in [0.3, 0.4) is 0 Å². The minimum absolute atomic E-state index is 0.0397. The van der Waals surface area contributed by atoms with Crippen LogP contribution in [0.1, 0.15) is 26.8 Å². The summed E-state index contributed by atoms with van der Waals surface area (Å²) < 4.78 is 5.96. The number of aliphatic hydroxyl groups excluding tert-OH is 1. The molecule has 0 saturated heterocycles. The van der Waals surface area contributed by atoms with Gasteiger partial charge in [-0.1, -0.05) is 48.5 Å². The highest BCUT2D eigenvalue weighted by molar-refractivity contribution is 7.14. The van der Waals surface area contributed by atoms with E-state index in [0.29, 0.717) is 27.9 Å². The molecule has 0 radical (unpaired) electrons. The minimum Gasteiger partial charge on any atom is -0.503 e. The number of thiazole rings is 1. The highest BCUT2D eigenvalue weighted by Gasteiger charge is 2.45. The lowest BCUT2D eigenvalue weighted by molar-refractivity contribution is -0.117. The number of carbonyl (C=O) groups is 2. The number of aromatic nitrogens is 1. The van der Waals surface area contributed by atoms with Crippen molar-refractivity contribution in [2.24, 2.45) is 0 Å². The van der Waals surface area contributed by atoms with Gasteiger partial charge in [0, 0.05) is 11.6 Å². The molecule has 0 aliphatic carbocycles. The van der Waals surface area contributed by atoms with Gasteiger partial charge in [-0.15, -0.1) is 22.7 Å². The Bertz CT molecular complexity index is 1320. The third kappa shape index (κ3) is 4.06. The molecule has 6 nitrogen and oxygen atoms in total. The average Bonchev–Trinajstić information content (AvgIpc) is 3.61. The van der Waals surface area contributed by atoms with Crippen molar-refractivity contribution in [2.75, 3.05) is 4.90 Å². The summed E-state index contributed by atoms with van der Waals surface area (Å²) in [6.45, 7) is 0.381. The molecule has 1 aliphatic rings. The van der Waals surface area contributed by atoms with Crippen LogP contribution in [0.4, 0.5) is 5.13 Å². The fourth-order valence-corrected chi connectivity index (χ4v) is 5.09. The highest BCUT2D eigenvalue weighted by atomic mass is 32.1. The van der Waals surface area contributed by atoms with Crippen LogP contribution in [0.5, 0.6) is 5.75 Å². The molecule has 0 fully saturated rings.